The van der Waals surface area contributed by atoms with Crippen LogP contribution in [0.25, 0.3) is 0 Å². The largest absolute Gasteiger partial charge is 0.398 e. The first-order valence-electron chi connectivity index (χ1n) is 7.24. The minimum absolute atomic E-state index is 0.277. The molecule has 7 heteroatoms. The van der Waals surface area contributed by atoms with E-state index in [9.17, 15) is 8.42 Å². The van der Waals surface area contributed by atoms with Crippen molar-refractivity contribution < 1.29 is 8.42 Å². The Morgan fingerprint density at radius 1 is 1.19 bits per heavy atom. The van der Waals surface area contributed by atoms with Gasteiger partial charge in [-0.25, -0.2) is 8.42 Å². The highest BCUT2D eigenvalue weighted by molar-refractivity contribution is 9.10. The van der Waals surface area contributed by atoms with Crippen LogP contribution < -0.4 is 5.73 Å². The molecule has 1 saturated carbocycles. The molecule has 1 heterocycles. The highest BCUT2D eigenvalue weighted by atomic mass is 79.9. The third-order valence-electron chi connectivity index (χ3n) is 4.15. The first-order valence-corrected chi connectivity index (χ1v) is 9.47. The van der Waals surface area contributed by atoms with Crippen LogP contribution in [0.4, 0.5) is 5.69 Å². The van der Waals surface area contributed by atoms with Crippen molar-refractivity contribution in [2.24, 2.45) is 5.92 Å². The lowest BCUT2D eigenvalue weighted by molar-refractivity contribution is 0.182. The van der Waals surface area contributed by atoms with Gasteiger partial charge < -0.3 is 10.6 Å². The lowest BCUT2D eigenvalue weighted by Gasteiger charge is -2.34. The van der Waals surface area contributed by atoms with Crippen molar-refractivity contribution in [2.45, 2.75) is 17.7 Å². The predicted octanol–water partition coefficient (Wildman–Crippen LogP) is 1.75. The van der Waals surface area contributed by atoms with Gasteiger partial charge in [0.2, 0.25) is 10.0 Å². The van der Waals surface area contributed by atoms with Crippen LogP contribution in [0.15, 0.2) is 27.6 Å². The van der Waals surface area contributed by atoms with Crippen LogP contribution in [0.5, 0.6) is 0 Å². The van der Waals surface area contributed by atoms with E-state index in [1.54, 1.807) is 16.4 Å². The zero-order chi connectivity index (χ0) is 15.0. The summed E-state index contributed by atoms with van der Waals surface area (Å²) in [5.74, 6) is 0.847. The Morgan fingerprint density at radius 2 is 1.86 bits per heavy atom. The van der Waals surface area contributed by atoms with Crippen LogP contribution in [-0.4, -0.2) is 50.3 Å². The van der Waals surface area contributed by atoms with Gasteiger partial charge in [0.05, 0.1) is 4.90 Å². The summed E-state index contributed by atoms with van der Waals surface area (Å²) in [7, 11) is -3.43. The molecule has 1 aromatic rings. The third kappa shape index (κ3) is 3.41. The summed E-state index contributed by atoms with van der Waals surface area (Å²) in [6.45, 7) is 3.89. The van der Waals surface area contributed by atoms with Crippen LogP contribution >= 0.6 is 15.9 Å². The molecule has 0 amide bonds. The van der Waals surface area contributed by atoms with Gasteiger partial charge in [-0.1, -0.05) is 0 Å². The third-order valence-corrected chi connectivity index (χ3v) is 6.77. The second kappa shape index (κ2) is 5.87. The van der Waals surface area contributed by atoms with Gasteiger partial charge >= 0.3 is 0 Å². The number of anilines is 1. The number of piperazine rings is 1. The minimum atomic E-state index is -3.43. The molecule has 2 fully saturated rings. The van der Waals surface area contributed by atoms with Gasteiger partial charge in [0.25, 0.3) is 0 Å². The molecule has 0 bridgehead atoms. The van der Waals surface area contributed by atoms with Crippen LogP contribution in [0, 0.1) is 5.92 Å². The molecule has 1 saturated heterocycles. The highest BCUT2D eigenvalue weighted by Crippen LogP contribution is 2.30. The van der Waals surface area contributed by atoms with Crippen LogP contribution in [-0.2, 0) is 10.0 Å². The van der Waals surface area contributed by atoms with E-state index in [-0.39, 0.29) is 4.90 Å². The highest BCUT2D eigenvalue weighted by Gasteiger charge is 2.31. The Morgan fingerprint density at radius 3 is 2.43 bits per heavy atom. The van der Waals surface area contributed by atoms with E-state index < -0.39 is 10.0 Å². The van der Waals surface area contributed by atoms with E-state index in [0.717, 1.165) is 30.0 Å². The Kier molecular flexibility index (Phi) is 4.27. The zero-order valence-electron chi connectivity index (χ0n) is 11.8. The number of hydrogen-bond donors (Lipinski definition) is 1. The average Bonchev–Trinajstić information content (AvgIpc) is 3.26. The lowest BCUT2D eigenvalue weighted by Crippen LogP contribution is -2.49. The van der Waals surface area contributed by atoms with Crippen LogP contribution in [0.3, 0.4) is 0 Å². The number of nitrogens with two attached hydrogens (primary N) is 1. The summed E-state index contributed by atoms with van der Waals surface area (Å²) in [6.07, 6.45) is 2.66. The van der Waals surface area contributed by atoms with E-state index in [1.165, 1.54) is 18.9 Å². The maximum Gasteiger partial charge on any atom is 0.243 e. The molecule has 2 N–H and O–H groups in total. The monoisotopic (exact) mass is 373 g/mol. The second-order valence-corrected chi connectivity index (χ2v) is 8.62. The molecule has 0 spiro atoms. The molecule has 116 valence electrons. The Labute approximate surface area is 134 Å². The Balaban J connectivity index is 1.68. The minimum Gasteiger partial charge on any atom is -0.398 e. The number of halogens is 1. The quantitative estimate of drug-likeness (QED) is 0.816. The summed E-state index contributed by atoms with van der Waals surface area (Å²) in [5, 5.41) is 0. The van der Waals surface area contributed by atoms with E-state index in [4.69, 9.17) is 5.73 Å². The molecule has 0 atom stereocenters. The normalized spacial score (nSPS) is 21.6. The summed E-state index contributed by atoms with van der Waals surface area (Å²) < 4.78 is 27.5. The van der Waals surface area contributed by atoms with Crippen molar-refractivity contribution >= 4 is 31.6 Å². The standard InChI is InChI=1S/C14H20BrN3O2S/c15-13-4-3-12(9-14(13)16)21(19,20)18-7-5-17(6-8-18)10-11-1-2-11/h3-4,9,11H,1-2,5-8,10,16H2. The molecule has 1 aliphatic carbocycles. The molecule has 5 nitrogen and oxygen atoms in total. The predicted molar refractivity (Wildman–Crippen MR) is 86.5 cm³/mol. The lowest BCUT2D eigenvalue weighted by atomic mass is 10.3. The fourth-order valence-corrected chi connectivity index (χ4v) is 4.35. The average molecular weight is 374 g/mol. The summed E-state index contributed by atoms with van der Waals surface area (Å²) in [4.78, 5) is 2.65. The number of sulfonamides is 1. The molecule has 3 rings (SSSR count). The molecular formula is C14H20BrN3O2S. The maximum absolute atomic E-state index is 12.6. The summed E-state index contributed by atoms with van der Waals surface area (Å²) in [5.41, 5.74) is 6.24. The molecular weight excluding hydrogens is 354 g/mol. The van der Waals surface area contributed by atoms with Crippen molar-refractivity contribution in [3.8, 4) is 0 Å². The molecule has 0 radical (unpaired) electrons. The van der Waals surface area contributed by atoms with Crippen LogP contribution in [0.2, 0.25) is 0 Å². The molecule has 0 unspecified atom stereocenters. The van der Waals surface area contributed by atoms with E-state index in [2.05, 4.69) is 20.8 Å². The van der Waals surface area contributed by atoms with Gasteiger partial charge in [-0.05, 0) is 52.9 Å². The van der Waals surface area contributed by atoms with E-state index >= 15 is 0 Å². The smallest absolute Gasteiger partial charge is 0.243 e. The molecule has 1 aliphatic heterocycles. The number of rotatable bonds is 4. The molecule has 21 heavy (non-hydrogen) atoms. The van der Waals surface area contributed by atoms with Gasteiger partial charge in [-0.2, -0.15) is 4.31 Å². The second-order valence-electron chi connectivity index (χ2n) is 5.83. The summed E-state index contributed by atoms with van der Waals surface area (Å²) in [6, 6.07) is 4.81. The van der Waals surface area contributed by atoms with Gasteiger partial charge in [0.15, 0.2) is 0 Å². The number of benzene rings is 1. The fourth-order valence-electron chi connectivity index (χ4n) is 2.65. The first kappa shape index (κ1) is 15.3. The van der Waals surface area contributed by atoms with Crippen molar-refractivity contribution in [3.05, 3.63) is 22.7 Å². The van der Waals surface area contributed by atoms with Crippen molar-refractivity contribution in [2.75, 3.05) is 38.5 Å². The number of nitrogen functional groups attached to an aromatic ring is 1. The zero-order valence-corrected chi connectivity index (χ0v) is 14.2. The van der Waals surface area contributed by atoms with Gasteiger partial charge in [-0.3, -0.25) is 0 Å². The van der Waals surface area contributed by atoms with Gasteiger partial charge in [-0.15, -0.1) is 0 Å². The Bertz CT molecular complexity index is 623. The van der Waals surface area contributed by atoms with Gasteiger partial charge in [0.1, 0.15) is 0 Å². The maximum atomic E-state index is 12.6. The van der Waals surface area contributed by atoms with Gasteiger partial charge in [0, 0.05) is 42.9 Å². The number of hydrogen-bond acceptors (Lipinski definition) is 4. The van der Waals surface area contributed by atoms with E-state index in [1.807, 2.05) is 0 Å². The van der Waals surface area contributed by atoms with Crippen molar-refractivity contribution in [3.63, 3.8) is 0 Å². The summed E-state index contributed by atoms with van der Waals surface area (Å²) >= 11 is 3.29. The molecule has 0 aromatic heterocycles. The number of nitrogens with zero attached hydrogens (tertiary/aromatic N) is 2. The first-order chi connectivity index (χ1) is 9.96. The Hall–Kier alpha value is -0.630. The van der Waals surface area contributed by atoms with Crippen molar-refractivity contribution in [1.82, 2.24) is 9.21 Å². The van der Waals surface area contributed by atoms with Crippen LogP contribution in [0.1, 0.15) is 12.8 Å². The van der Waals surface area contributed by atoms with Crippen molar-refractivity contribution in [1.29, 1.82) is 0 Å². The SMILES string of the molecule is Nc1cc(S(=O)(=O)N2CCN(CC3CC3)CC2)ccc1Br. The fraction of sp³-hybridized carbons (Fsp3) is 0.571. The molecule has 2 aliphatic rings. The topological polar surface area (TPSA) is 66.6 Å². The van der Waals surface area contributed by atoms with E-state index in [0.29, 0.717) is 18.8 Å². The molecule has 1 aromatic carbocycles.